The van der Waals surface area contributed by atoms with E-state index < -0.39 is 0 Å². The first kappa shape index (κ1) is 16.3. The predicted octanol–water partition coefficient (Wildman–Crippen LogP) is 3.30. The van der Waals surface area contributed by atoms with Gasteiger partial charge in [0.05, 0.1) is 13.2 Å². The maximum Gasteiger partial charge on any atom is 0.119 e. The lowest BCUT2D eigenvalue weighted by Gasteiger charge is -2.32. The number of aliphatic hydroxyl groups excluding tert-OH is 1. The third-order valence-corrected chi connectivity index (χ3v) is 4.44. The van der Waals surface area contributed by atoms with Crippen molar-refractivity contribution >= 4 is 0 Å². The van der Waals surface area contributed by atoms with Crippen molar-refractivity contribution in [1.29, 1.82) is 0 Å². The molecule has 1 aromatic carbocycles. The molecule has 0 radical (unpaired) electrons. The van der Waals surface area contributed by atoms with Gasteiger partial charge in [0, 0.05) is 11.6 Å². The van der Waals surface area contributed by atoms with Gasteiger partial charge in [-0.15, -0.1) is 0 Å². The maximum atomic E-state index is 9.73. The predicted molar refractivity (Wildman–Crippen MR) is 86.8 cm³/mol. The molecule has 2 rings (SSSR count). The topological polar surface area (TPSA) is 41.5 Å². The molecule has 3 heteroatoms. The first-order chi connectivity index (χ1) is 10.2. The SMILES string of the molecule is CCc1cccc(OCCCC(CC)(CO)NC2CC2)c1. The Morgan fingerprint density at radius 1 is 1.33 bits per heavy atom. The van der Waals surface area contributed by atoms with Crippen LogP contribution in [0.2, 0.25) is 0 Å². The summed E-state index contributed by atoms with van der Waals surface area (Å²) in [6.45, 7) is 5.23. The molecule has 0 saturated heterocycles. The molecular weight excluding hydrogens is 262 g/mol. The van der Waals surface area contributed by atoms with Crippen LogP contribution < -0.4 is 10.1 Å². The van der Waals surface area contributed by atoms with Crippen molar-refractivity contribution in [2.24, 2.45) is 0 Å². The molecule has 0 aliphatic heterocycles. The molecule has 3 nitrogen and oxygen atoms in total. The molecule has 0 heterocycles. The molecule has 118 valence electrons. The van der Waals surface area contributed by atoms with Crippen molar-refractivity contribution in [3.05, 3.63) is 29.8 Å². The van der Waals surface area contributed by atoms with Gasteiger partial charge in [-0.1, -0.05) is 26.0 Å². The van der Waals surface area contributed by atoms with E-state index in [-0.39, 0.29) is 12.1 Å². The summed E-state index contributed by atoms with van der Waals surface area (Å²) in [6.07, 6.45) is 6.43. The molecule has 0 spiro atoms. The van der Waals surface area contributed by atoms with Crippen LogP contribution in [0.15, 0.2) is 24.3 Å². The van der Waals surface area contributed by atoms with Crippen LogP contribution in [-0.2, 0) is 6.42 Å². The highest BCUT2D eigenvalue weighted by Crippen LogP contribution is 2.27. The van der Waals surface area contributed by atoms with Crippen molar-refractivity contribution in [3.63, 3.8) is 0 Å². The van der Waals surface area contributed by atoms with Crippen LogP contribution in [-0.4, -0.2) is 29.9 Å². The van der Waals surface area contributed by atoms with Crippen LogP contribution in [0.5, 0.6) is 5.75 Å². The number of nitrogens with one attached hydrogen (secondary N) is 1. The Hall–Kier alpha value is -1.06. The molecule has 1 unspecified atom stereocenters. The minimum absolute atomic E-state index is 0.115. The lowest BCUT2D eigenvalue weighted by atomic mass is 9.91. The largest absolute Gasteiger partial charge is 0.494 e. The Kier molecular flexibility index (Phi) is 6.07. The first-order valence-electron chi connectivity index (χ1n) is 8.31. The molecule has 0 amide bonds. The van der Waals surface area contributed by atoms with Crippen LogP contribution in [0.4, 0.5) is 0 Å². The summed E-state index contributed by atoms with van der Waals surface area (Å²) in [7, 11) is 0. The van der Waals surface area contributed by atoms with Crippen LogP contribution in [0, 0.1) is 0 Å². The normalized spacial score (nSPS) is 17.5. The lowest BCUT2D eigenvalue weighted by molar-refractivity contribution is 0.136. The molecule has 1 aliphatic rings. The quantitative estimate of drug-likeness (QED) is 0.650. The van der Waals surface area contributed by atoms with Gasteiger partial charge in [0.25, 0.3) is 0 Å². The van der Waals surface area contributed by atoms with E-state index in [2.05, 4.69) is 31.3 Å². The highest BCUT2D eigenvalue weighted by atomic mass is 16.5. The summed E-state index contributed by atoms with van der Waals surface area (Å²) >= 11 is 0. The second kappa shape index (κ2) is 7.81. The molecule has 1 aliphatic carbocycles. The number of hydrogen-bond acceptors (Lipinski definition) is 3. The zero-order valence-electron chi connectivity index (χ0n) is 13.4. The average molecular weight is 291 g/mol. The van der Waals surface area contributed by atoms with Crippen molar-refractivity contribution in [1.82, 2.24) is 5.32 Å². The zero-order chi connectivity index (χ0) is 15.1. The first-order valence-corrected chi connectivity index (χ1v) is 8.31. The summed E-state index contributed by atoms with van der Waals surface area (Å²) in [5, 5.41) is 13.3. The molecule has 21 heavy (non-hydrogen) atoms. The van der Waals surface area contributed by atoms with Gasteiger partial charge in [-0.25, -0.2) is 0 Å². The van der Waals surface area contributed by atoms with E-state index in [0.29, 0.717) is 12.6 Å². The molecule has 1 fully saturated rings. The summed E-state index contributed by atoms with van der Waals surface area (Å²) in [6, 6.07) is 8.93. The smallest absolute Gasteiger partial charge is 0.119 e. The summed E-state index contributed by atoms with van der Waals surface area (Å²) < 4.78 is 5.84. The molecule has 0 bridgehead atoms. The molecule has 1 saturated carbocycles. The molecular formula is C18H29NO2. The van der Waals surface area contributed by atoms with Crippen molar-refractivity contribution in [2.45, 2.75) is 64.0 Å². The van der Waals surface area contributed by atoms with E-state index in [0.717, 1.165) is 31.4 Å². The third kappa shape index (κ3) is 5.01. The standard InChI is InChI=1S/C18H29NO2/c1-3-15-7-5-8-17(13-15)21-12-6-11-18(4-2,14-20)19-16-9-10-16/h5,7-8,13,16,19-20H,3-4,6,9-12,14H2,1-2H3. The summed E-state index contributed by atoms with van der Waals surface area (Å²) in [5.74, 6) is 0.954. The van der Waals surface area contributed by atoms with Crippen molar-refractivity contribution < 1.29 is 9.84 Å². The van der Waals surface area contributed by atoms with Gasteiger partial charge in [0.15, 0.2) is 0 Å². The minimum atomic E-state index is -0.115. The summed E-state index contributed by atoms with van der Waals surface area (Å²) in [4.78, 5) is 0. The van der Waals surface area contributed by atoms with E-state index >= 15 is 0 Å². The van der Waals surface area contributed by atoms with E-state index in [9.17, 15) is 5.11 Å². The summed E-state index contributed by atoms with van der Waals surface area (Å²) in [5.41, 5.74) is 1.19. The van der Waals surface area contributed by atoms with Gasteiger partial charge in [-0.3, -0.25) is 0 Å². The zero-order valence-corrected chi connectivity index (χ0v) is 13.4. The Labute approximate surface area is 128 Å². The van der Waals surface area contributed by atoms with Gasteiger partial charge in [0.2, 0.25) is 0 Å². The van der Waals surface area contributed by atoms with Gasteiger partial charge < -0.3 is 15.2 Å². The van der Waals surface area contributed by atoms with Gasteiger partial charge in [-0.2, -0.15) is 0 Å². The highest BCUT2D eigenvalue weighted by Gasteiger charge is 2.33. The molecule has 1 aromatic rings. The Morgan fingerprint density at radius 3 is 2.76 bits per heavy atom. The van der Waals surface area contributed by atoms with Crippen LogP contribution in [0.1, 0.15) is 51.5 Å². The highest BCUT2D eigenvalue weighted by molar-refractivity contribution is 5.28. The minimum Gasteiger partial charge on any atom is -0.494 e. The second-order valence-corrected chi connectivity index (χ2v) is 6.16. The lowest BCUT2D eigenvalue weighted by Crippen LogP contribution is -2.49. The fraction of sp³-hybridized carbons (Fsp3) is 0.667. The molecule has 0 aromatic heterocycles. The number of aliphatic hydroxyl groups is 1. The monoisotopic (exact) mass is 291 g/mol. The van der Waals surface area contributed by atoms with Crippen LogP contribution in [0.25, 0.3) is 0 Å². The Balaban J connectivity index is 1.76. The number of benzene rings is 1. The number of aryl methyl sites for hydroxylation is 1. The maximum absolute atomic E-state index is 9.73. The fourth-order valence-electron chi connectivity index (χ4n) is 2.70. The van der Waals surface area contributed by atoms with Crippen LogP contribution in [0.3, 0.4) is 0 Å². The number of hydrogen-bond donors (Lipinski definition) is 2. The number of rotatable bonds is 10. The Bertz CT molecular complexity index is 425. The second-order valence-electron chi connectivity index (χ2n) is 6.16. The van der Waals surface area contributed by atoms with Gasteiger partial charge in [0.1, 0.15) is 5.75 Å². The third-order valence-electron chi connectivity index (χ3n) is 4.44. The fourth-order valence-corrected chi connectivity index (χ4v) is 2.70. The molecule has 1 atom stereocenters. The van der Waals surface area contributed by atoms with Crippen LogP contribution >= 0.6 is 0 Å². The number of ether oxygens (including phenoxy) is 1. The van der Waals surface area contributed by atoms with E-state index in [1.165, 1.54) is 18.4 Å². The van der Waals surface area contributed by atoms with Crippen molar-refractivity contribution in [2.75, 3.05) is 13.2 Å². The average Bonchev–Trinajstić information content (AvgIpc) is 3.34. The Morgan fingerprint density at radius 2 is 2.14 bits per heavy atom. The molecule has 2 N–H and O–H groups in total. The van der Waals surface area contributed by atoms with E-state index in [1.807, 2.05) is 12.1 Å². The van der Waals surface area contributed by atoms with Gasteiger partial charge in [-0.05, 0) is 56.2 Å². The van der Waals surface area contributed by atoms with E-state index in [4.69, 9.17) is 4.74 Å². The van der Waals surface area contributed by atoms with Gasteiger partial charge >= 0.3 is 0 Å². The van der Waals surface area contributed by atoms with Crippen molar-refractivity contribution in [3.8, 4) is 5.75 Å². The van der Waals surface area contributed by atoms with E-state index in [1.54, 1.807) is 0 Å².